The van der Waals surface area contributed by atoms with Crippen molar-refractivity contribution in [1.82, 2.24) is 4.72 Å². The molecule has 0 aliphatic heterocycles. The normalized spacial score (nSPS) is 20.9. The molecule has 1 aliphatic rings. The maximum absolute atomic E-state index is 12.2. The molecule has 0 heterocycles. The second kappa shape index (κ2) is 6.88. The summed E-state index contributed by atoms with van der Waals surface area (Å²) in [6.07, 6.45) is 3.95. The summed E-state index contributed by atoms with van der Waals surface area (Å²) in [7, 11) is -3.77. The average molecular weight is 340 g/mol. The molecule has 1 aliphatic carbocycles. The van der Waals surface area contributed by atoms with Gasteiger partial charge in [0.1, 0.15) is 6.10 Å². The SMILES string of the molecule is CC(=O)O[C@H]1C=C[C@@H](NS(=O)(=O)c2ccc([N+](=O)[O-])cc2)CC1. The maximum atomic E-state index is 12.2. The number of esters is 1. The molecular weight excluding hydrogens is 324 g/mol. The van der Waals surface area contributed by atoms with Crippen molar-refractivity contribution >= 4 is 21.7 Å². The van der Waals surface area contributed by atoms with Crippen LogP contribution in [0.15, 0.2) is 41.3 Å². The molecule has 0 bridgehead atoms. The number of non-ortho nitro benzene ring substituents is 1. The van der Waals surface area contributed by atoms with Gasteiger partial charge in [-0.05, 0) is 31.1 Å². The van der Waals surface area contributed by atoms with E-state index in [9.17, 15) is 23.3 Å². The number of nitro benzene ring substituents is 1. The minimum atomic E-state index is -3.77. The molecule has 1 aromatic carbocycles. The van der Waals surface area contributed by atoms with Gasteiger partial charge in [0.2, 0.25) is 10.0 Å². The summed E-state index contributed by atoms with van der Waals surface area (Å²) < 4.78 is 32.0. The zero-order valence-corrected chi connectivity index (χ0v) is 13.2. The fourth-order valence-electron chi connectivity index (χ4n) is 2.22. The lowest BCUT2D eigenvalue weighted by Gasteiger charge is -2.23. The molecule has 1 aromatic rings. The van der Waals surface area contributed by atoms with E-state index in [1.807, 2.05) is 0 Å². The Morgan fingerprint density at radius 1 is 1.26 bits per heavy atom. The minimum Gasteiger partial charge on any atom is -0.458 e. The lowest BCUT2D eigenvalue weighted by atomic mass is 10.0. The van der Waals surface area contributed by atoms with E-state index in [0.717, 1.165) is 12.1 Å². The Balaban J connectivity index is 2.04. The lowest BCUT2D eigenvalue weighted by molar-refractivity contribution is -0.384. The summed E-state index contributed by atoms with van der Waals surface area (Å²) >= 11 is 0. The van der Waals surface area contributed by atoms with Crippen LogP contribution in [-0.4, -0.2) is 31.5 Å². The molecule has 0 saturated carbocycles. The molecule has 124 valence electrons. The van der Waals surface area contributed by atoms with Crippen LogP contribution < -0.4 is 4.72 Å². The van der Waals surface area contributed by atoms with E-state index in [2.05, 4.69) is 4.72 Å². The van der Waals surface area contributed by atoms with Gasteiger partial charge in [-0.3, -0.25) is 14.9 Å². The third-order valence-electron chi connectivity index (χ3n) is 3.30. The fraction of sp³-hybridized carbons (Fsp3) is 0.357. The first kappa shape index (κ1) is 17.1. The van der Waals surface area contributed by atoms with Crippen LogP contribution in [0.3, 0.4) is 0 Å². The molecule has 0 saturated heterocycles. The van der Waals surface area contributed by atoms with E-state index >= 15 is 0 Å². The number of nitrogens with zero attached hydrogens (tertiary/aromatic N) is 1. The third kappa shape index (κ3) is 4.60. The van der Waals surface area contributed by atoms with Crippen LogP contribution in [0.25, 0.3) is 0 Å². The Morgan fingerprint density at radius 2 is 1.91 bits per heavy atom. The number of nitrogens with one attached hydrogen (secondary N) is 1. The van der Waals surface area contributed by atoms with Gasteiger partial charge in [0.25, 0.3) is 5.69 Å². The molecular formula is C14H16N2O6S. The van der Waals surface area contributed by atoms with Gasteiger partial charge >= 0.3 is 5.97 Å². The van der Waals surface area contributed by atoms with Crippen LogP contribution in [0.2, 0.25) is 0 Å². The Labute approximate surface area is 133 Å². The Morgan fingerprint density at radius 3 is 2.39 bits per heavy atom. The summed E-state index contributed by atoms with van der Waals surface area (Å²) in [5.41, 5.74) is -0.175. The highest BCUT2D eigenvalue weighted by atomic mass is 32.2. The van der Waals surface area contributed by atoms with Gasteiger partial charge in [-0.2, -0.15) is 0 Å². The van der Waals surface area contributed by atoms with E-state index in [1.54, 1.807) is 12.2 Å². The quantitative estimate of drug-likeness (QED) is 0.376. The predicted molar refractivity (Wildman–Crippen MR) is 81.1 cm³/mol. The van der Waals surface area contributed by atoms with Gasteiger partial charge in [-0.1, -0.05) is 6.08 Å². The van der Waals surface area contributed by atoms with Crippen molar-refractivity contribution in [3.63, 3.8) is 0 Å². The van der Waals surface area contributed by atoms with Crippen LogP contribution in [0.1, 0.15) is 19.8 Å². The van der Waals surface area contributed by atoms with Gasteiger partial charge < -0.3 is 4.74 Å². The second-order valence-electron chi connectivity index (χ2n) is 5.09. The number of hydrogen-bond acceptors (Lipinski definition) is 6. The van der Waals surface area contributed by atoms with Crippen LogP contribution in [0.4, 0.5) is 5.69 Å². The molecule has 23 heavy (non-hydrogen) atoms. The first-order valence-electron chi connectivity index (χ1n) is 6.90. The van der Waals surface area contributed by atoms with Gasteiger partial charge in [0.05, 0.1) is 9.82 Å². The number of carbonyl (C=O) groups is 1. The fourth-order valence-corrected chi connectivity index (χ4v) is 3.44. The van der Waals surface area contributed by atoms with Crippen molar-refractivity contribution in [2.24, 2.45) is 0 Å². The van der Waals surface area contributed by atoms with Crippen molar-refractivity contribution in [3.05, 3.63) is 46.5 Å². The van der Waals surface area contributed by atoms with Crippen molar-refractivity contribution in [1.29, 1.82) is 0 Å². The third-order valence-corrected chi connectivity index (χ3v) is 4.81. The Kier molecular flexibility index (Phi) is 5.12. The minimum absolute atomic E-state index is 0.0430. The van der Waals surface area contributed by atoms with Gasteiger partial charge in [-0.15, -0.1) is 0 Å². The molecule has 8 nitrogen and oxygen atoms in total. The molecule has 0 unspecified atom stereocenters. The highest BCUT2D eigenvalue weighted by Crippen LogP contribution is 2.19. The zero-order chi connectivity index (χ0) is 17.0. The number of ether oxygens (including phenoxy) is 1. The van der Waals surface area contributed by atoms with Gasteiger partial charge in [-0.25, -0.2) is 13.1 Å². The van der Waals surface area contributed by atoms with E-state index in [-0.39, 0.29) is 22.7 Å². The van der Waals surface area contributed by atoms with Crippen molar-refractivity contribution in [2.75, 3.05) is 0 Å². The average Bonchev–Trinajstić information content (AvgIpc) is 2.48. The largest absolute Gasteiger partial charge is 0.458 e. The topological polar surface area (TPSA) is 116 Å². The lowest BCUT2D eigenvalue weighted by Crippen LogP contribution is -2.36. The number of rotatable bonds is 5. The van der Waals surface area contributed by atoms with E-state index in [4.69, 9.17) is 4.74 Å². The highest BCUT2D eigenvalue weighted by molar-refractivity contribution is 7.89. The molecule has 0 spiro atoms. The molecule has 9 heteroatoms. The van der Waals surface area contributed by atoms with Gasteiger partial charge in [0.15, 0.2) is 0 Å². The molecule has 0 radical (unpaired) electrons. The van der Waals surface area contributed by atoms with E-state index < -0.39 is 21.0 Å². The molecule has 2 rings (SSSR count). The monoisotopic (exact) mass is 340 g/mol. The Hall–Kier alpha value is -2.26. The highest BCUT2D eigenvalue weighted by Gasteiger charge is 2.23. The second-order valence-corrected chi connectivity index (χ2v) is 6.80. The van der Waals surface area contributed by atoms with Crippen molar-refractivity contribution in [2.45, 2.75) is 36.8 Å². The molecule has 0 fully saturated rings. The van der Waals surface area contributed by atoms with Crippen LogP contribution in [0, 0.1) is 10.1 Å². The molecule has 1 N–H and O–H groups in total. The van der Waals surface area contributed by atoms with E-state index in [1.165, 1.54) is 19.1 Å². The zero-order valence-electron chi connectivity index (χ0n) is 12.3. The van der Waals surface area contributed by atoms with E-state index in [0.29, 0.717) is 12.8 Å². The van der Waals surface area contributed by atoms with Gasteiger partial charge in [0, 0.05) is 25.1 Å². The number of benzene rings is 1. The maximum Gasteiger partial charge on any atom is 0.303 e. The summed E-state index contributed by atoms with van der Waals surface area (Å²) in [6, 6.07) is 4.25. The smallest absolute Gasteiger partial charge is 0.303 e. The first-order chi connectivity index (χ1) is 10.8. The van der Waals surface area contributed by atoms with Crippen LogP contribution in [-0.2, 0) is 19.6 Å². The Bertz CT molecular complexity index is 726. The predicted octanol–water partition coefficient (Wildman–Crippen LogP) is 1.52. The van der Waals surface area contributed by atoms with Crippen LogP contribution >= 0.6 is 0 Å². The summed E-state index contributed by atoms with van der Waals surface area (Å²) in [4.78, 5) is 20.8. The van der Waals surface area contributed by atoms with Crippen molar-refractivity contribution < 1.29 is 22.9 Å². The summed E-state index contributed by atoms with van der Waals surface area (Å²) in [6.45, 7) is 1.32. The number of carbonyl (C=O) groups excluding carboxylic acids is 1. The first-order valence-corrected chi connectivity index (χ1v) is 8.38. The summed E-state index contributed by atoms with van der Waals surface area (Å²) in [5, 5.41) is 10.6. The number of nitro groups is 1. The standard InChI is InChI=1S/C14H16N2O6S/c1-10(17)22-13-6-2-11(3-7-13)15-23(20,21)14-8-4-12(5-9-14)16(18)19/h2,4-6,8-9,11,13,15H,3,7H2,1H3/t11-,13+/m1/s1. The van der Waals surface area contributed by atoms with Crippen molar-refractivity contribution in [3.8, 4) is 0 Å². The number of sulfonamides is 1. The summed E-state index contributed by atoms with van der Waals surface area (Å²) in [5.74, 6) is -0.385. The van der Waals surface area contributed by atoms with Crippen LogP contribution in [0.5, 0.6) is 0 Å². The molecule has 0 amide bonds. The molecule has 0 aromatic heterocycles. The number of hydrogen-bond donors (Lipinski definition) is 1. The molecule has 2 atom stereocenters.